The van der Waals surface area contributed by atoms with Gasteiger partial charge < -0.3 is 10.6 Å². The van der Waals surface area contributed by atoms with Crippen LogP contribution in [0.1, 0.15) is 26.0 Å². The molecule has 0 saturated heterocycles. The summed E-state index contributed by atoms with van der Waals surface area (Å²) in [5.74, 6) is 0.606. The molecule has 2 N–H and O–H groups in total. The summed E-state index contributed by atoms with van der Waals surface area (Å²) in [6.07, 6.45) is 2.81. The average Bonchev–Trinajstić information content (AvgIpc) is 2.34. The third kappa shape index (κ3) is 3.88. The van der Waals surface area contributed by atoms with E-state index in [1.165, 1.54) is 0 Å². The zero-order valence-electron chi connectivity index (χ0n) is 10.1. The van der Waals surface area contributed by atoms with Gasteiger partial charge in [-0.3, -0.25) is 9.98 Å². The van der Waals surface area contributed by atoms with Crippen LogP contribution in [0.3, 0.4) is 0 Å². The highest BCUT2D eigenvalue weighted by molar-refractivity contribution is 5.77. The van der Waals surface area contributed by atoms with Crippen molar-refractivity contribution < 1.29 is 0 Å². The van der Waals surface area contributed by atoms with Gasteiger partial charge in [0.25, 0.3) is 0 Å². The molecule has 0 bridgehead atoms. The summed E-state index contributed by atoms with van der Waals surface area (Å²) < 4.78 is 0. The first kappa shape index (κ1) is 12.5. The zero-order chi connectivity index (χ0) is 11.8. The third-order valence-electron chi connectivity index (χ3n) is 2.28. The minimum atomic E-state index is 0.606. The number of aromatic nitrogens is 1. The van der Waals surface area contributed by atoms with Crippen molar-refractivity contribution in [1.29, 1.82) is 0 Å². The maximum absolute atomic E-state index is 5.91. The molecule has 1 aromatic heterocycles. The third-order valence-corrected chi connectivity index (χ3v) is 2.28. The number of nitrogens with two attached hydrogens (primary N) is 1. The summed E-state index contributed by atoms with van der Waals surface area (Å²) in [6.45, 7) is 6.50. The van der Waals surface area contributed by atoms with E-state index in [1.54, 1.807) is 6.20 Å². The molecule has 4 nitrogen and oxygen atoms in total. The van der Waals surface area contributed by atoms with E-state index in [1.807, 2.05) is 23.1 Å². The SMILES string of the molecule is CCCN=C(N)N(CC)Cc1ccccn1. The Kier molecular flexibility index (Phi) is 5.32. The first-order chi connectivity index (χ1) is 7.77. The predicted molar refractivity (Wildman–Crippen MR) is 67.1 cm³/mol. The lowest BCUT2D eigenvalue weighted by Crippen LogP contribution is -2.37. The van der Waals surface area contributed by atoms with Gasteiger partial charge in [-0.2, -0.15) is 0 Å². The first-order valence-corrected chi connectivity index (χ1v) is 5.72. The quantitative estimate of drug-likeness (QED) is 0.606. The molecule has 1 heterocycles. The minimum Gasteiger partial charge on any atom is -0.370 e. The van der Waals surface area contributed by atoms with Gasteiger partial charge in [0, 0.05) is 19.3 Å². The topological polar surface area (TPSA) is 54.5 Å². The Morgan fingerprint density at radius 1 is 1.44 bits per heavy atom. The van der Waals surface area contributed by atoms with E-state index in [0.29, 0.717) is 5.96 Å². The van der Waals surface area contributed by atoms with Gasteiger partial charge in [-0.1, -0.05) is 13.0 Å². The van der Waals surface area contributed by atoms with Crippen molar-refractivity contribution in [2.45, 2.75) is 26.8 Å². The summed E-state index contributed by atoms with van der Waals surface area (Å²) in [5.41, 5.74) is 6.92. The van der Waals surface area contributed by atoms with Crippen LogP contribution >= 0.6 is 0 Å². The summed E-state index contributed by atoms with van der Waals surface area (Å²) in [5, 5.41) is 0. The molecule has 0 aromatic carbocycles. The molecule has 0 radical (unpaired) electrons. The van der Waals surface area contributed by atoms with Gasteiger partial charge in [0.1, 0.15) is 0 Å². The molecule has 0 aliphatic heterocycles. The highest BCUT2D eigenvalue weighted by atomic mass is 15.2. The average molecular weight is 220 g/mol. The molecule has 0 fully saturated rings. The Morgan fingerprint density at radius 3 is 2.81 bits per heavy atom. The van der Waals surface area contributed by atoms with Crippen molar-refractivity contribution in [1.82, 2.24) is 9.88 Å². The molecule has 1 rings (SSSR count). The molecule has 16 heavy (non-hydrogen) atoms. The summed E-state index contributed by atoms with van der Waals surface area (Å²) in [4.78, 5) is 10.6. The van der Waals surface area contributed by atoms with Gasteiger partial charge in [0.05, 0.1) is 12.2 Å². The molecule has 0 atom stereocenters. The second kappa shape index (κ2) is 6.82. The number of pyridine rings is 1. The molecule has 0 saturated carbocycles. The lowest BCUT2D eigenvalue weighted by atomic mass is 10.3. The van der Waals surface area contributed by atoms with Crippen molar-refractivity contribution in [2.75, 3.05) is 13.1 Å². The molecule has 88 valence electrons. The van der Waals surface area contributed by atoms with Crippen LogP contribution < -0.4 is 5.73 Å². The molecule has 4 heteroatoms. The van der Waals surface area contributed by atoms with Gasteiger partial charge in [0.2, 0.25) is 0 Å². The normalized spacial score (nSPS) is 11.5. The molecule has 0 unspecified atom stereocenters. The van der Waals surface area contributed by atoms with Crippen molar-refractivity contribution >= 4 is 5.96 Å². The van der Waals surface area contributed by atoms with Crippen LogP contribution in [0, 0.1) is 0 Å². The highest BCUT2D eigenvalue weighted by Gasteiger charge is 2.06. The second-order valence-corrected chi connectivity index (χ2v) is 3.58. The Labute approximate surface area is 97.2 Å². The first-order valence-electron chi connectivity index (χ1n) is 5.72. The molecule has 0 aliphatic carbocycles. The van der Waals surface area contributed by atoms with Gasteiger partial charge in [0.15, 0.2) is 5.96 Å². The van der Waals surface area contributed by atoms with Crippen molar-refractivity contribution in [2.24, 2.45) is 10.7 Å². The largest absolute Gasteiger partial charge is 0.370 e. The standard InChI is InChI=1S/C12H20N4/c1-3-8-15-12(13)16(4-2)10-11-7-5-6-9-14-11/h5-7,9H,3-4,8,10H2,1-2H3,(H2,13,15). The second-order valence-electron chi connectivity index (χ2n) is 3.58. The van der Waals surface area contributed by atoms with Gasteiger partial charge in [-0.05, 0) is 25.5 Å². The highest BCUT2D eigenvalue weighted by Crippen LogP contribution is 2.00. The molecular formula is C12H20N4. The van der Waals surface area contributed by atoms with Crippen LogP contribution in [-0.2, 0) is 6.54 Å². The van der Waals surface area contributed by atoms with Crippen LogP contribution in [-0.4, -0.2) is 28.9 Å². The Morgan fingerprint density at radius 2 is 2.25 bits per heavy atom. The van der Waals surface area contributed by atoms with E-state index in [0.717, 1.165) is 31.7 Å². The van der Waals surface area contributed by atoms with Crippen LogP contribution in [0.5, 0.6) is 0 Å². The van der Waals surface area contributed by atoms with Gasteiger partial charge in [-0.15, -0.1) is 0 Å². The van der Waals surface area contributed by atoms with E-state index < -0.39 is 0 Å². The van der Waals surface area contributed by atoms with Gasteiger partial charge >= 0.3 is 0 Å². The van der Waals surface area contributed by atoms with Crippen LogP contribution in [0.15, 0.2) is 29.4 Å². The number of guanidine groups is 1. The molecule has 0 spiro atoms. The number of nitrogens with zero attached hydrogens (tertiary/aromatic N) is 3. The monoisotopic (exact) mass is 220 g/mol. The maximum Gasteiger partial charge on any atom is 0.191 e. The Balaban J connectivity index is 2.62. The summed E-state index contributed by atoms with van der Waals surface area (Å²) >= 11 is 0. The molecule has 1 aromatic rings. The Bertz CT molecular complexity index is 321. The smallest absolute Gasteiger partial charge is 0.191 e. The molecular weight excluding hydrogens is 200 g/mol. The van der Waals surface area contributed by atoms with Crippen molar-refractivity contribution in [3.8, 4) is 0 Å². The lowest BCUT2D eigenvalue weighted by molar-refractivity contribution is 0.422. The van der Waals surface area contributed by atoms with Crippen molar-refractivity contribution in [3.05, 3.63) is 30.1 Å². The Hall–Kier alpha value is -1.58. The fraction of sp³-hybridized carbons (Fsp3) is 0.500. The number of hydrogen-bond acceptors (Lipinski definition) is 2. The van der Waals surface area contributed by atoms with E-state index in [4.69, 9.17) is 5.73 Å². The van der Waals surface area contributed by atoms with Gasteiger partial charge in [-0.25, -0.2) is 0 Å². The zero-order valence-corrected chi connectivity index (χ0v) is 10.1. The number of aliphatic imine (C=N–C) groups is 1. The maximum atomic E-state index is 5.91. The van der Waals surface area contributed by atoms with E-state index >= 15 is 0 Å². The van der Waals surface area contributed by atoms with E-state index in [2.05, 4.69) is 23.8 Å². The molecule has 0 aliphatic rings. The van der Waals surface area contributed by atoms with E-state index in [-0.39, 0.29) is 0 Å². The molecule has 0 amide bonds. The minimum absolute atomic E-state index is 0.606. The van der Waals surface area contributed by atoms with E-state index in [9.17, 15) is 0 Å². The fourth-order valence-corrected chi connectivity index (χ4v) is 1.37. The predicted octanol–water partition coefficient (Wildman–Crippen LogP) is 1.63. The van der Waals surface area contributed by atoms with Crippen LogP contribution in [0.2, 0.25) is 0 Å². The lowest BCUT2D eigenvalue weighted by Gasteiger charge is -2.21. The fourth-order valence-electron chi connectivity index (χ4n) is 1.37. The number of rotatable bonds is 5. The van der Waals surface area contributed by atoms with Crippen LogP contribution in [0.25, 0.3) is 0 Å². The summed E-state index contributed by atoms with van der Waals surface area (Å²) in [6, 6.07) is 5.89. The van der Waals surface area contributed by atoms with Crippen molar-refractivity contribution in [3.63, 3.8) is 0 Å². The van der Waals surface area contributed by atoms with Crippen LogP contribution in [0.4, 0.5) is 0 Å². The summed E-state index contributed by atoms with van der Waals surface area (Å²) in [7, 11) is 0. The number of hydrogen-bond donors (Lipinski definition) is 1.